The molecule has 9 nitrogen and oxygen atoms in total. The number of aromatic nitrogens is 4. The molecule has 0 aliphatic carbocycles. The smallest absolute Gasteiger partial charge is 0.355 e. The Hall–Kier alpha value is -2.88. The summed E-state index contributed by atoms with van der Waals surface area (Å²) >= 11 is 6.46. The van der Waals surface area contributed by atoms with Gasteiger partial charge in [0.2, 0.25) is 25.4 Å². The molecule has 2 aromatic carbocycles. The van der Waals surface area contributed by atoms with E-state index >= 15 is 0 Å². The highest BCUT2D eigenvalue weighted by atomic mass is 79.9. The number of pyridine rings is 1. The Morgan fingerprint density at radius 1 is 0.868 bits per heavy atom. The minimum atomic E-state index is -4.46. The number of benzene rings is 2. The molecule has 1 aliphatic rings. The molecular formula is C23H18Br2F3N7O2S. The van der Waals surface area contributed by atoms with Gasteiger partial charge in [0, 0.05) is 49.1 Å². The van der Waals surface area contributed by atoms with E-state index in [-0.39, 0.29) is 23.5 Å². The number of halogens is 5. The van der Waals surface area contributed by atoms with E-state index < -0.39 is 21.8 Å². The lowest BCUT2D eigenvalue weighted by Gasteiger charge is -2.34. The molecule has 1 fully saturated rings. The fraction of sp³-hybridized carbons (Fsp3) is 0.217. The van der Waals surface area contributed by atoms with E-state index in [1.807, 2.05) is 4.90 Å². The van der Waals surface area contributed by atoms with E-state index in [1.165, 1.54) is 28.7 Å². The molecule has 1 N–H and O–H groups in total. The first-order chi connectivity index (χ1) is 18.0. The van der Waals surface area contributed by atoms with Crippen LogP contribution in [0.4, 0.5) is 30.5 Å². The second-order valence-electron chi connectivity index (χ2n) is 8.30. The topological polar surface area (TPSA) is 104 Å². The number of fused-ring (bicyclic) bond motifs is 1. The van der Waals surface area contributed by atoms with Crippen molar-refractivity contribution < 1.29 is 21.6 Å². The quantitative estimate of drug-likeness (QED) is 0.308. The standard InChI is InChI=1S/C23H18Br2F3N7O2S/c24-20-31-21(25)33-22(32-20)34-9-11-35(12-10-34)38(36,37)16-4-2-15(3-5-16)30-18-7-8-29-19-13-14(23(26,27)28)1-6-17(18)19/h1-8,13H,9-12H2,(H,29,30). The number of hydrogen-bond donors (Lipinski definition) is 1. The zero-order valence-electron chi connectivity index (χ0n) is 19.3. The van der Waals surface area contributed by atoms with Gasteiger partial charge in [-0.15, -0.1) is 0 Å². The van der Waals surface area contributed by atoms with Gasteiger partial charge in [-0.3, -0.25) is 4.98 Å². The first kappa shape index (κ1) is 26.7. The maximum atomic E-state index is 13.2. The Bertz CT molecular complexity index is 1580. The van der Waals surface area contributed by atoms with Gasteiger partial charge in [-0.2, -0.15) is 32.4 Å². The molecule has 0 unspecified atom stereocenters. The van der Waals surface area contributed by atoms with Crippen LogP contribution in [0.1, 0.15) is 5.56 Å². The Labute approximate surface area is 232 Å². The summed E-state index contributed by atoms with van der Waals surface area (Å²) in [7, 11) is -3.74. The van der Waals surface area contributed by atoms with Crippen molar-refractivity contribution in [2.75, 3.05) is 36.4 Å². The molecule has 0 atom stereocenters. The summed E-state index contributed by atoms with van der Waals surface area (Å²) < 4.78 is 67.8. The summed E-state index contributed by atoms with van der Waals surface area (Å²) in [6.45, 7) is 1.33. The molecule has 15 heteroatoms. The third kappa shape index (κ3) is 5.60. The van der Waals surface area contributed by atoms with Gasteiger partial charge in [0.1, 0.15) is 0 Å². The van der Waals surface area contributed by atoms with Crippen LogP contribution in [0, 0.1) is 0 Å². The fourth-order valence-corrected chi connectivity index (χ4v) is 6.35. The van der Waals surface area contributed by atoms with Crippen LogP contribution in [-0.2, 0) is 16.2 Å². The van der Waals surface area contributed by atoms with Gasteiger partial charge in [0.15, 0.2) is 0 Å². The number of sulfonamides is 1. The average Bonchev–Trinajstić information content (AvgIpc) is 2.88. The number of hydrogen-bond acceptors (Lipinski definition) is 8. The molecular weight excluding hydrogens is 655 g/mol. The predicted molar refractivity (Wildman–Crippen MR) is 143 cm³/mol. The van der Waals surface area contributed by atoms with Gasteiger partial charge in [-0.05, 0) is 74.3 Å². The van der Waals surface area contributed by atoms with E-state index in [0.717, 1.165) is 12.1 Å². The highest BCUT2D eigenvalue weighted by Crippen LogP contribution is 2.33. The number of anilines is 3. The van der Waals surface area contributed by atoms with Crippen LogP contribution in [0.25, 0.3) is 10.9 Å². The highest BCUT2D eigenvalue weighted by molar-refractivity contribution is 9.11. The summed E-state index contributed by atoms with van der Waals surface area (Å²) in [5.41, 5.74) is 0.540. The summed E-state index contributed by atoms with van der Waals surface area (Å²) in [6.07, 6.45) is -3.05. The summed E-state index contributed by atoms with van der Waals surface area (Å²) in [5.74, 6) is 0.449. The van der Waals surface area contributed by atoms with Gasteiger partial charge < -0.3 is 10.2 Å². The minimum Gasteiger partial charge on any atom is -0.355 e. The highest BCUT2D eigenvalue weighted by Gasteiger charge is 2.31. The largest absolute Gasteiger partial charge is 0.416 e. The summed E-state index contributed by atoms with van der Waals surface area (Å²) in [4.78, 5) is 18.6. The van der Waals surface area contributed by atoms with Crippen molar-refractivity contribution in [1.29, 1.82) is 0 Å². The maximum absolute atomic E-state index is 13.2. The third-order valence-electron chi connectivity index (χ3n) is 5.93. The van der Waals surface area contributed by atoms with Gasteiger partial charge in [-0.1, -0.05) is 6.07 Å². The number of alkyl halides is 3. The van der Waals surface area contributed by atoms with Crippen molar-refractivity contribution in [2.45, 2.75) is 11.1 Å². The van der Waals surface area contributed by atoms with Gasteiger partial charge in [0.05, 0.1) is 16.0 Å². The van der Waals surface area contributed by atoms with E-state index in [2.05, 4.69) is 57.1 Å². The van der Waals surface area contributed by atoms with Crippen molar-refractivity contribution in [2.24, 2.45) is 0 Å². The molecule has 38 heavy (non-hydrogen) atoms. The average molecular weight is 673 g/mol. The monoisotopic (exact) mass is 671 g/mol. The van der Waals surface area contributed by atoms with Gasteiger partial charge in [-0.25, -0.2) is 8.42 Å². The zero-order chi connectivity index (χ0) is 27.1. The molecule has 2 aromatic heterocycles. The lowest BCUT2D eigenvalue weighted by Crippen LogP contribution is -2.49. The Morgan fingerprint density at radius 3 is 2.16 bits per heavy atom. The lowest BCUT2D eigenvalue weighted by atomic mass is 10.1. The normalized spacial score (nSPS) is 15.1. The molecule has 4 aromatic rings. The first-order valence-corrected chi connectivity index (χ1v) is 14.2. The fourth-order valence-electron chi connectivity index (χ4n) is 4.03. The Kier molecular flexibility index (Phi) is 7.28. The summed E-state index contributed by atoms with van der Waals surface area (Å²) in [5, 5.41) is 3.64. The number of nitrogens with zero attached hydrogens (tertiary/aromatic N) is 6. The van der Waals surface area contributed by atoms with E-state index in [0.29, 0.717) is 45.3 Å². The molecule has 0 spiro atoms. The molecule has 5 rings (SSSR count). The number of nitrogens with one attached hydrogen (secondary N) is 1. The second-order valence-corrected chi connectivity index (χ2v) is 11.7. The summed E-state index contributed by atoms with van der Waals surface area (Å²) in [6, 6.07) is 11.2. The molecule has 198 valence electrons. The second kappa shape index (κ2) is 10.4. The predicted octanol–water partition coefficient (Wildman–Crippen LogP) is 5.22. The van der Waals surface area contributed by atoms with Crippen LogP contribution < -0.4 is 10.2 Å². The maximum Gasteiger partial charge on any atom is 0.416 e. The van der Waals surface area contributed by atoms with Crippen LogP contribution in [0.15, 0.2) is 69.1 Å². The van der Waals surface area contributed by atoms with Crippen molar-refractivity contribution >= 4 is 70.1 Å². The first-order valence-electron chi connectivity index (χ1n) is 11.2. The van der Waals surface area contributed by atoms with Crippen molar-refractivity contribution in [3.05, 3.63) is 69.8 Å². The van der Waals surface area contributed by atoms with Crippen molar-refractivity contribution in [3.63, 3.8) is 0 Å². The Morgan fingerprint density at radius 2 is 1.53 bits per heavy atom. The zero-order valence-corrected chi connectivity index (χ0v) is 23.3. The van der Waals surface area contributed by atoms with E-state index in [4.69, 9.17) is 0 Å². The van der Waals surface area contributed by atoms with Crippen LogP contribution >= 0.6 is 31.9 Å². The molecule has 1 saturated heterocycles. The molecule has 0 bridgehead atoms. The number of rotatable bonds is 5. The van der Waals surface area contributed by atoms with Crippen LogP contribution in [-0.4, -0.2) is 58.8 Å². The van der Waals surface area contributed by atoms with Crippen molar-refractivity contribution in [1.82, 2.24) is 24.2 Å². The minimum absolute atomic E-state index is 0.136. The molecule has 0 radical (unpaired) electrons. The van der Waals surface area contributed by atoms with E-state index in [1.54, 1.807) is 18.2 Å². The molecule has 0 saturated carbocycles. The molecule has 3 heterocycles. The van der Waals surface area contributed by atoms with Crippen LogP contribution in [0.2, 0.25) is 0 Å². The van der Waals surface area contributed by atoms with E-state index in [9.17, 15) is 21.6 Å². The molecule has 1 aliphatic heterocycles. The van der Waals surface area contributed by atoms with Crippen LogP contribution in [0.3, 0.4) is 0 Å². The van der Waals surface area contributed by atoms with Crippen molar-refractivity contribution in [3.8, 4) is 0 Å². The third-order valence-corrected chi connectivity index (χ3v) is 8.55. The van der Waals surface area contributed by atoms with Crippen LogP contribution in [0.5, 0.6) is 0 Å². The number of piperazine rings is 1. The van der Waals surface area contributed by atoms with Gasteiger partial charge >= 0.3 is 6.18 Å². The Balaban J connectivity index is 1.29. The SMILES string of the molecule is O=S(=O)(c1ccc(Nc2ccnc3cc(C(F)(F)F)ccc23)cc1)N1CCN(c2nc(Br)nc(Br)n2)CC1. The van der Waals surface area contributed by atoms with Gasteiger partial charge in [0.25, 0.3) is 0 Å². The molecule has 0 amide bonds. The lowest BCUT2D eigenvalue weighted by molar-refractivity contribution is -0.137.